The maximum absolute atomic E-state index is 7.15. The average molecular weight is 661 g/mol. The summed E-state index contributed by atoms with van der Waals surface area (Å²) in [6, 6.07) is 50.5. The summed E-state index contributed by atoms with van der Waals surface area (Å²) < 4.78 is 12.4. The Labute approximate surface area is 293 Å². The number of rotatable bonds is 3. The summed E-state index contributed by atoms with van der Waals surface area (Å²) >= 11 is 1.91. The first-order chi connectivity index (χ1) is 24.7. The van der Waals surface area contributed by atoms with E-state index in [1.807, 2.05) is 11.3 Å². The van der Waals surface area contributed by atoms with E-state index in [-0.39, 0.29) is 17.6 Å². The van der Waals surface area contributed by atoms with Gasteiger partial charge in [-0.3, -0.25) is 0 Å². The first kappa shape index (κ1) is 28.2. The first-order valence-electron chi connectivity index (χ1n) is 17.4. The molecule has 0 spiro atoms. The Kier molecular flexibility index (Phi) is 5.86. The highest BCUT2D eigenvalue weighted by Gasteiger charge is 2.50. The van der Waals surface area contributed by atoms with Crippen molar-refractivity contribution in [1.82, 2.24) is 9.55 Å². The van der Waals surface area contributed by atoms with Gasteiger partial charge in [0.2, 0.25) is 0 Å². The van der Waals surface area contributed by atoms with Gasteiger partial charge in [0.25, 0.3) is 0 Å². The molecule has 6 aromatic carbocycles. The van der Waals surface area contributed by atoms with Crippen LogP contribution in [-0.2, 0) is 5.41 Å². The van der Waals surface area contributed by atoms with Gasteiger partial charge >= 0.3 is 0 Å². The number of fused-ring (bicyclic) bond motifs is 11. The van der Waals surface area contributed by atoms with Gasteiger partial charge in [0.15, 0.2) is 0 Å². The Morgan fingerprint density at radius 3 is 2.38 bits per heavy atom. The van der Waals surface area contributed by atoms with Crippen molar-refractivity contribution in [2.24, 2.45) is 0 Å². The van der Waals surface area contributed by atoms with Crippen molar-refractivity contribution >= 4 is 64.2 Å². The SMILES string of the molecule is CC12CC=CC(n3c4ccccc4c4c5sc6ccccc6c5ccc43)C1Oc1cc(-c3cc(-c4ccccc4)c4ccccc4n3)ccc12. The van der Waals surface area contributed by atoms with E-state index in [0.717, 1.165) is 34.3 Å². The Morgan fingerprint density at radius 1 is 0.700 bits per heavy atom. The molecule has 3 nitrogen and oxygen atoms in total. The Morgan fingerprint density at radius 2 is 1.48 bits per heavy atom. The van der Waals surface area contributed by atoms with Gasteiger partial charge in [-0.25, -0.2) is 4.98 Å². The van der Waals surface area contributed by atoms with Crippen molar-refractivity contribution in [3.63, 3.8) is 0 Å². The molecule has 0 saturated heterocycles. The van der Waals surface area contributed by atoms with Crippen molar-refractivity contribution in [2.45, 2.75) is 30.9 Å². The second-order valence-electron chi connectivity index (χ2n) is 14.0. The molecule has 3 atom stereocenters. The fourth-order valence-corrected chi connectivity index (χ4v) is 10.1. The van der Waals surface area contributed by atoms with Crippen LogP contribution < -0.4 is 4.74 Å². The molecular weight excluding hydrogens is 629 g/mol. The Bertz CT molecular complexity index is 2860. The number of pyridine rings is 1. The molecule has 1 aliphatic heterocycles. The quantitative estimate of drug-likeness (QED) is 0.176. The molecule has 4 heterocycles. The molecule has 3 unspecified atom stereocenters. The molecule has 9 aromatic rings. The Balaban J connectivity index is 1.05. The molecule has 0 N–H and O–H groups in total. The molecule has 0 amide bonds. The fourth-order valence-electron chi connectivity index (χ4n) is 8.88. The molecule has 50 heavy (non-hydrogen) atoms. The van der Waals surface area contributed by atoms with E-state index < -0.39 is 0 Å². The van der Waals surface area contributed by atoms with Gasteiger partial charge in [0.05, 0.1) is 22.8 Å². The third-order valence-corrected chi connectivity index (χ3v) is 12.5. The highest BCUT2D eigenvalue weighted by atomic mass is 32.1. The minimum absolute atomic E-state index is 0.0299. The summed E-state index contributed by atoms with van der Waals surface area (Å²) in [4.78, 5) is 5.16. The van der Waals surface area contributed by atoms with Crippen molar-refractivity contribution in [2.75, 3.05) is 0 Å². The number of nitrogens with zero attached hydrogens (tertiary/aromatic N) is 2. The number of ether oxygens (including phenoxy) is 1. The number of aromatic nitrogens is 2. The fraction of sp³-hybridized carbons (Fsp3) is 0.109. The molecule has 11 rings (SSSR count). The van der Waals surface area contributed by atoms with Crippen LogP contribution in [0.1, 0.15) is 24.9 Å². The summed E-state index contributed by atoms with van der Waals surface area (Å²) in [5.41, 5.74) is 9.03. The smallest absolute Gasteiger partial charge is 0.133 e. The zero-order chi connectivity index (χ0) is 33.0. The van der Waals surface area contributed by atoms with E-state index in [0.29, 0.717) is 0 Å². The van der Waals surface area contributed by atoms with Crippen LogP contribution in [-0.4, -0.2) is 15.7 Å². The summed E-state index contributed by atoms with van der Waals surface area (Å²) in [5.74, 6) is 0.965. The largest absolute Gasteiger partial charge is 0.487 e. The minimum atomic E-state index is -0.168. The van der Waals surface area contributed by atoms with Crippen LogP contribution in [0.5, 0.6) is 5.75 Å². The van der Waals surface area contributed by atoms with Gasteiger partial charge in [-0.15, -0.1) is 11.3 Å². The van der Waals surface area contributed by atoms with Crippen LogP contribution in [0.2, 0.25) is 0 Å². The number of benzene rings is 6. The molecule has 2 aliphatic rings. The van der Waals surface area contributed by atoms with Crippen LogP contribution in [0.15, 0.2) is 152 Å². The normalized spacial score (nSPS) is 19.8. The molecule has 3 aromatic heterocycles. The lowest BCUT2D eigenvalue weighted by atomic mass is 9.71. The van der Waals surface area contributed by atoms with E-state index in [9.17, 15) is 0 Å². The summed E-state index contributed by atoms with van der Waals surface area (Å²) in [5, 5.41) is 6.47. The van der Waals surface area contributed by atoms with E-state index >= 15 is 0 Å². The molecule has 0 radical (unpaired) electrons. The number of hydrogen-bond donors (Lipinski definition) is 0. The summed E-state index contributed by atoms with van der Waals surface area (Å²) in [6.45, 7) is 2.39. The number of hydrogen-bond acceptors (Lipinski definition) is 3. The maximum Gasteiger partial charge on any atom is 0.133 e. The average Bonchev–Trinajstić information content (AvgIpc) is 3.81. The topological polar surface area (TPSA) is 27.1 Å². The minimum Gasteiger partial charge on any atom is -0.487 e. The number of thiophene rings is 1. The van der Waals surface area contributed by atoms with Crippen molar-refractivity contribution in [1.29, 1.82) is 0 Å². The third-order valence-electron chi connectivity index (χ3n) is 11.3. The van der Waals surface area contributed by atoms with Crippen molar-refractivity contribution in [3.05, 3.63) is 157 Å². The molecule has 238 valence electrons. The molecule has 4 heteroatoms. The van der Waals surface area contributed by atoms with Crippen molar-refractivity contribution in [3.8, 4) is 28.1 Å². The second-order valence-corrected chi connectivity index (χ2v) is 15.1. The van der Waals surface area contributed by atoms with Gasteiger partial charge in [0.1, 0.15) is 11.9 Å². The van der Waals surface area contributed by atoms with Gasteiger partial charge in [0, 0.05) is 58.4 Å². The summed E-state index contributed by atoms with van der Waals surface area (Å²) in [7, 11) is 0. The third kappa shape index (κ3) is 3.88. The molecule has 0 fully saturated rings. The molecule has 1 aliphatic carbocycles. The molecular formula is C46H32N2OS. The van der Waals surface area contributed by atoms with Crippen LogP contribution >= 0.6 is 11.3 Å². The zero-order valence-electron chi connectivity index (χ0n) is 27.5. The zero-order valence-corrected chi connectivity index (χ0v) is 28.3. The highest BCUT2D eigenvalue weighted by Crippen LogP contribution is 2.54. The number of para-hydroxylation sites is 2. The lowest BCUT2D eigenvalue weighted by molar-refractivity contribution is 0.113. The monoisotopic (exact) mass is 660 g/mol. The van der Waals surface area contributed by atoms with Crippen molar-refractivity contribution < 1.29 is 4.74 Å². The summed E-state index contributed by atoms with van der Waals surface area (Å²) in [6.07, 6.45) is 5.64. The predicted molar refractivity (Wildman–Crippen MR) is 210 cm³/mol. The maximum atomic E-state index is 7.15. The Hall–Kier alpha value is -5.71. The van der Waals surface area contributed by atoms with Gasteiger partial charge in [-0.2, -0.15) is 0 Å². The standard InChI is InChI=1S/C46H32N2OS/c1-46-25-11-19-40(48-38-18-9-6-16-33(38)43-39(48)24-22-32-31-15-7-10-20-42(31)50-44(32)43)45(46)49-41-26-29(21-23-35(41)46)37-27-34(28-12-3-2-4-13-28)30-14-5-8-17-36(30)47-37/h2-24,26-27,40,45H,25H2,1H3. The van der Waals surface area contributed by atoms with Gasteiger partial charge in [-0.1, -0.05) is 122 Å². The molecule has 0 saturated carbocycles. The van der Waals surface area contributed by atoms with E-state index in [1.165, 1.54) is 58.7 Å². The highest BCUT2D eigenvalue weighted by molar-refractivity contribution is 7.26. The van der Waals surface area contributed by atoms with Crippen LogP contribution in [0.25, 0.3) is 75.3 Å². The van der Waals surface area contributed by atoms with Crippen LogP contribution in [0.4, 0.5) is 0 Å². The van der Waals surface area contributed by atoms with Gasteiger partial charge < -0.3 is 9.30 Å². The van der Waals surface area contributed by atoms with Gasteiger partial charge in [-0.05, 0) is 53.9 Å². The predicted octanol–water partition coefficient (Wildman–Crippen LogP) is 12.3. The van der Waals surface area contributed by atoms with Crippen LogP contribution in [0.3, 0.4) is 0 Å². The molecule has 0 bridgehead atoms. The number of allylic oxidation sites excluding steroid dienone is 1. The van der Waals surface area contributed by atoms with E-state index in [1.54, 1.807) is 0 Å². The van der Waals surface area contributed by atoms with E-state index in [2.05, 4.69) is 163 Å². The second kappa shape index (κ2) is 10.4. The lowest BCUT2D eigenvalue weighted by Crippen LogP contribution is -2.43. The van der Waals surface area contributed by atoms with Crippen LogP contribution in [0, 0.1) is 0 Å². The van der Waals surface area contributed by atoms with E-state index in [4.69, 9.17) is 9.72 Å². The first-order valence-corrected chi connectivity index (χ1v) is 18.2. The lowest BCUT2D eigenvalue weighted by Gasteiger charge is -2.38.